The van der Waals surface area contributed by atoms with Crippen molar-refractivity contribution in [1.29, 1.82) is 0 Å². The van der Waals surface area contributed by atoms with Gasteiger partial charge in [-0.2, -0.15) is 4.98 Å². The molecule has 0 unspecified atom stereocenters. The molecular weight excluding hydrogens is 296 g/mol. The van der Waals surface area contributed by atoms with Crippen LogP contribution in [0.15, 0.2) is 28.8 Å². The van der Waals surface area contributed by atoms with E-state index in [9.17, 15) is 13.6 Å². The molecule has 3 aromatic rings. The third kappa shape index (κ3) is 2.41. The Morgan fingerprint density at radius 2 is 2.14 bits per heavy atom. The van der Waals surface area contributed by atoms with Gasteiger partial charge < -0.3 is 14.4 Å². The molecule has 0 atom stereocenters. The molecule has 1 amide bonds. The summed E-state index contributed by atoms with van der Waals surface area (Å²) in [5, 5.41) is 5.97. The van der Waals surface area contributed by atoms with Gasteiger partial charge in [0.15, 0.2) is 11.6 Å². The summed E-state index contributed by atoms with van der Waals surface area (Å²) in [6.45, 7) is -0.0688. The van der Waals surface area contributed by atoms with Crippen molar-refractivity contribution >= 4 is 16.9 Å². The van der Waals surface area contributed by atoms with E-state index < -0.39 is 12.3 Å². The van der Waals surface area contributed by atoms with Crippen LogP contribution in [0.2, 0.25) is 0 Å². The average molecular weight is 307 g/mol. The number of alkyl halides is 2. The zero-order valence-electron chi connectivity index (χ0n) is 11.5. The summed E-state index contributed by atoms with van der Waals surface area (Å²) in [7, 11) is 1.42. The van der Waals surface area contributed by atoms with E-state index in [1.54, 1.807) is 24.3 Å². The molecule has 7 nitrogen and oxygen atoms in total. The molecule has 2 heterocycles. The maximum absolute atomic E-state index is 13.1. The minimum atomic E-state index is -2.74. The number of carbonyl (C=O) groups is 1. The number of benzene rings is 1. The number of hydrogen-bond donors (Lipinski definition) is 1. The van der Waals surface area contributed by atoms with Crippen LogP contribution in [-0.4, -0.2) is 32.6 Å². The van der Waals surface area contributed by atoms with Gasteiger partial charge in [-0.05, 0) is 12.1 Å². The predicted molar refractivity (Wildman–Crippen MR) is 71.5 cm³/mol. The summed E-state index contributed by atoms with van der Waals surface area (Å²) in [5.74, 6) is -1.03. The number of amides is 1. The minimum absolute atomic E-state index is 0.0688. The Kier molecular flexibility index (Phi) is 3.53. The van der Waals surface area contributed by atoms with Crippen molar-refractivity contribution in [2.75, 3.05) is 7.05 Å². The Morgan fingerprint density at radius 3 is 2.86 bits per heavy atom. The van der Waals surface area contributed by atoms with Crippen LogP contribution in [0, 0.1) is 0 Å². The van der Waals surface area contributed by atoms with Crippen LogP contribution in [0.25, 0.3) is 11.0 Å². The smallest absolute Gasteiger partial charge is 0.315 e. The molecule has 0 radical (unpaired) electrons. The standard InChI is InChI=1S/C13H11F2N5O2/c1-16-12(21)13-18-9(19-22-13)6-20-8-5-3-2-4-7(8)17-11(20)10(14)15/h2-5,10H,6H2,1H3,(H,16,21). The van der Waals surface area contributed by atoms with Gasteiger partial charge in [-0.25, -0.2) is 13.8 Å². The largest absolute Gasteiger partial charge is 0.351 e. The number of hydrogen-bond acceptors (Lipinski definition) is 5. The first kappa shape index (κ1) is 14.1. The van der Waals surface area contributed by atoms with E-state index in [0.717, 1.165) is 0 Å². The van der Waals surface area contributed by atoms with Crippen LogP contribution in [0.3, 0.4) is 0 Å². The number of imidazole rings is 1. The second kappa shape index (κ2) is 5.51. The molecule has 9 heteroatoms. The Morgan fingerprint density at radius 1 is 1.36 bits per heavy atom. The Hall–Kier alpha value is -2.84. The van der Waals surface area contributed by atoms with Crippen LogP contribution in [0.5, 0.6) is 0 Å². The van der Waals surface area contributed by atoms with Crippen molar-refractivity contribution < 1.29 is 18.1 Å². The quantitative estimate of drug-likeness (QED) is 0.794. The van der Waals surface area contributed by atoms with E-state index in [1.165, 1.54) is 11.6 Å². The zero-order valence-corrected chi connectivity index (χ0v) is 11.5. The van der Waals surface area contributed by atoms with Crippen LogP contribution in [-0.2, 0) is 6.54 Å². The molecule has 2 aromatic heterocycles. The highest BCUT2D eigenvalue weighted by Crippen LogP contribution is 2.24. The van der Waals surface area contributed by atoms with E-state index in [0.29, 0.717) is 11.0 Å². The maximum atomic E-state index is 13.1. The van der Waals surface area contributed by atoms with E-state index in [2.05, 4.69) is 20.4 Å². The normalized spacial score (nSPS) is 11.3. The number of aromatic nitrogens is 4. The fourth-order valence-corrected chi connectivity index (χ4v) is 2.09. The van der Waals surface area contributed by atoms with Crippen molar-refractivity contribution in [2.24, 2.45) is 0 Å². The van der Waals surface area contributed by atoms with Gasteiger partial charge in [-0.15, -0.1) is 0 Å². The molecule has 0 saturated carbocycles. The molecule has 0 saturated heterocycles. The first-order chi connectivity index (χ1) is 10.6. The Bertz CT molecular complexity index is 827. The molecule has 0 fully saturated rings. The molecule has 22 heavy (non-hydrogen) atoms. The first-order valence-corrected chi connectivity index (χ1v) is 6.38. The fraction of sp³-hybridized carbons (Fsp3) is 0.231. The number of nitrogens with zero attached hydrogens (tertiary/aromatic N) is 4. The number of fused-ring (bicyclic) bond motifs is 1. The lowest BCUT2D eigenvalue weighted by Gasteiger charge is -2.05. The minimum Gasteiger partial charge on any atom is -0.351 e. The topological polar surface area (TPSA) is 85.8 Å². The lowest BCUT2D eigenvalue weighted by Crippen LogP contribution is -2.18. The summed E-state index contributed by atoms with van der Waals surface area (Å²) in [6, 6.07) is 6.76. The molecule has 0 spiro atoms. The summed E-state index contributed by atoms with van der Waals surface area (Å²) >= 11 is 0. The van der Waals surface area contributed by atoms with E-state index in [4.69, 9.17) is 4.52 Å². The van der Waals surface area contributed by atoms with Crippen molar-refractivity contribution in [3.8, 4) is 0 Å². The van der Waals surface area contributed by atoms with Gasteiger partial charge in [-0.1, -0.05) is 17.3 Å². The molecule has 1 N–H and O–H groups in total. The van der Waals surface area contributed by atoms with Gasteiger partial charge in [0.2, 0.25) is 0 Å². The summed E-state index contributed by atoms with van der Waals surface area (Å²) < 4.78 is 32.4. The number of para-hydroxylation sites is 2. The Labute approximate surface area is 122 Å². The number of rotatable bonds is 4. The third-order valence-electron chi connectivity index (χ3n) is 3.07. The van der Waals surface area contributed by atoms with Crippen molar-refractivity contribution in [3.63, 3.8) is 0 Å². The maximum Gasteiger partial charge on any atom is 0.315 e. The zero-order chi connectivity index (χ0) is 15.7. The van der Waals surface area contributed by atoms with Gasteiger partial charge in [0.05, 0.1) is 17.6 Å². The van der Waals surface area contributed by atoms with E-state index >= 15 is 0 Å². The molecule has 0 bridgehead atoms. The van der Waals surface area contributed by atoms with Gasteiger partial charge >= 0.3 is 11.8 Å². The first-order valence-electron chi connectivity index (χ1n) is 6.38. The fourth-order valence-electron chi connectivity index (χ4n) is 2.09. The summed E-state index contributed by atoms with van der Waals surface area (Å²) in [6.07, 6.45) is -2.74. The highest BCUT2D eigenvalue weighted by Gasteiger charge is 2.21. The molecular formula is C13H11F2N5O2. The molecule has 0 aliphatic rings. The molecule has 114 valence electrons. The summed E-state index contributed by atoms with van der Waals surface area (Å²) in [4.78, 5) is 19.2. The molecule has 3 rings (SSSR count). The highest BCUT2D eigenvalue weighted by atomic mass is 19.3. The number of carbonyl (C=O) groups excluding carboxylic acids is 1. The lowest BCUT2D eigenvalue weighted by molar-refractivity contribution is 0.0919. The third-order valence-corrected chi connectivity index (χ3v) is 3.07. The van der Waals surface area contributed by atoms with Gasteiger partial charge in [0.25, 0.3) is 6.43 Å². The van der Waals surface area contributed by atoms with Gasteiger partial charge in [0, 0.05) is 7.05 Å². The molecule has 0 aliphatic heterocycles. The average Bonchev–Trinajstić information content (AvgIpc) is 3.12. The van der Waals surface area contributed by atoms with E-state index in [1.807, 2.05) is 0 Å². The van der Waals surface area contributed by atoms with Crippen LogP contribution in [0.1, 0.15) is 28.8 Å². The van der Waals surface area contributed by atoms with Crippen LogP contribution in [0.4, 0.5) is 8.78 Å². The highest BCUT2D eigenvalue weighted by molar-refractivity contribution is 5.89. The SMILES string of the molecule is CNC(=O)c1nc(Cn2c(C(F)F)nc3ccccc32)no1. The van der Waals surface area contributed by atoms with E-state index in [-0.39, 0.29) is 24.1 Å². The van der Waals surface area contributed by atoms with Gasteiger partial charge in [0.1, 0.15) is 0 Å². The molecule has 0 aliphatic carbocycles. The van der Waals surface area contributed by atoms with Crippen molar-refractivity contribution in [3.05, 3.63) is 41.8 Å². The van der Waals surface area contributed by atoms with Crippen LogP contribution >= 0.6 is 0 Å². The number of nitrogens with one attached hydrogen (secondary N) is 1. The van der Waals surface area contributed by atoms with Gasteiger partial charge in [-0.3, -0.25) is 4.79 Å². The number of halogens is 2. The Balaban J connectivity index is 2.01. The molecule has 1 aromatic carbocycles. The van der Waals surface area contributed by atoms with Crippen molar-refractivity contribution in [1.82, 2.24) is 25.0 Å². The lowest BCUT2D eigenvalue weighted by atomic mass is 10.3. The van der Waals surface area contributed by atoms with Crippen molar-refractivity contribution in [2.45, 2.75) is 13.0 Å². The second-order valence-electron chi connectivity index (χ2n) is 4.44. The second-order valence-corrected chi connectivity index (χ2v) is 4.44. The van der Waals surface area contributed by atoms with Crippen LogP contribution < -0.4 is 5.32 Å². The summed E-state index contributed by atoms with van der Waals surface area (Å²) in [5.41, 5.74) is 0.983. The predicted octanol–water partition coefficient (Wildman–Crippen LogP) is 1.76. The monoisotopic (exact) mass is 307 g/mol.